The van der Waals surface area contributed by atoms with Crippen molar-refractivity contribution >= 4 is 11.8 Å². The second-order valence-electron chi connectivity index (χ2n) is 3.68. The summed E-state index contributed by atoms with van der Waals surface area (Å²) in [7, 11) is 0. The molecule has 0 aromatic carbocycles. The van der Waals surface area contributed by atoms with Gasteiger partial charge in [0.1, 0.15) is 0 Å². The normalized spacial score (nSPS) is 10.2. The molecule has 1 amide bonds. The third kappa shape index (κ3) is 4.84. The highest BCUT2D eigenvalue weighted by Gasteiger charge is 2.10. The zero-order valence-corrected chi connectivity index (χ0v) is 9.63. The van der Waals surface area contributed by atoms with E-state index in [9.17, 15) is 4.79 Å². The molecule has 0 bridgehead atoms. The zero-order chi connectivity index (χ0) is 11.1. The van der Waals surface area contributed by atoms with E-state index in [0.29, 0.717) is 18.4 Å². The third-order valence-corrected chi connectivity index (χ3v) is 1.73. The van der Waals surface area contributed by atoms with Crippen LogP contribution in [0.2, 0.25) is 0 Å². The second-order valence-corrected chi connectivity index (χ2v) is 3.68. The van der Waals surface area contributed by atoms with Crippen molar-refractivity contribution < 1.29 is 9.53 Å². The maximum absolute atomic E-state index is 11.0. The Balaban J connectivity index is 4.23. The summed E-state index contributed by atoms with van der Waals surface area (Å²) >= 11 is 0. The molecule has 0 aliphatic rings. The summed E-state index contributed by atoms with van der Waals surface area (Å²) < 4.78 is 4.69. The van der Waals surface area contributed by atoms with Crippen LogP contribution >= 0.6 is 0 Å². The lowest BCUT2D eigenvalue weighted by molar-refractivity contribution is 0.152. The molecule has 1 N–H and O–H groups in total. The number of nitrogens with one attached hydrogen (secondary N) is 1. The van der Waals surface area contributed by atoms with Gasteiger partial charge in [0.25, 0.3) is 0 Å². The summed E-state index contributed by atoms with van der Waals surface area (Å²) in [6, 6.07) is 0. The van der Waals surface area contributed by atoms with Crippen molar-refractivity contribution in [3.63, 3.8) is 0 Å². The molecule has 0 aliphatic heterocycles. The van der Waals surface area contributed by atoms with Crippen molar-refractivity contribution in [3.05, 3.63) is 0 Å². The maximum atomic E-state index is 11.0. The number of carbonyl (C=O) groups excluding carboxylic acids is 1. The van der Waals surface area contributed by atoms with E-state index >= 15 is 0 Å². The zero-order valence-electron chi connectivity index (χ0n) is 9.63. The van der Waals surface area contributed by atoms with Crippen LogP contribution in [0, 0.1) is 11.8 Å². The average molecular weight is 200 g/mol. The minimum Gasteiger partial charge on any atom is -0.449 e. The molecule has 14 heavy (non-hydrogen) atoms. The number of amides is 1. The lowest BCUT2D eigenvalue weighted by atomic mass is 9.98. The summed E-state index contributed by atoms with van der Waals surface area (Å²) in [5.74, 6) is 0.661. The highest BCUT2D eigenvalue weighted by molar-refractivity contribution is 5.88. The van der Waals surface area contributed by atoms with Gasteiger partial charge < -0.3 is 4.74 Å². The Morgan fingerprint density at radius 3 is 2.14 bits per heavy atom. The number of hydrogen-bond donors (Lipinski definition) is 1. The summed E-state index contributed by atoms with van der Waals surface area (Å²) in [6.45, 7) is 10.3. The third-order valence-electron chi connectivity index (χ3n) is 1.73. The second kappa shape index (κ2) is 6.40. The van der Waals surface area contributed by atoms with Gasteiger partial charge in [0.05, 0.1) is 6.61 Å². The number of carbonyl (C=O) groups is 1. The molecule has 0 unspecified atom stereocenters. The van der Waals surface area contributed by atoms with Gasteiger partial charge in [-0.1, -0.05) is 27.7 Å². The predicted molar refractivity (Wildman–Crippen MR) is 57.3 cm³/mol. The van der Waals surface area contributed by atoms with E-state index in [2.05, 4.69) is 10.5 Å². The van der Waals surface area contributed by atoms with Crippen LogP contribution in [0.5, 0.6) is 0 Å². The van der Waals surface area contributed by atoms with Gasteiger partial charge in [0.2, 0.25) is 0 Å². The molecule has 0 spiro atoms. The Kier molecular flexibility index (Phi) is 5.92. The molecule has 0 saturated carbocycles. The number of rotatable bonds is 4. The molecule has 0 heterocycles. The minimum absolute atomic E-state index is 0.330. The van der Waals surface area contributed by atoms with E-state index in [0.717, 1.165) is 5.71 Å². The Bertz CT molecular complexity index is 200. The van der Waals surface area contributed by atoms with Gasteiger partial charge >= 0.3 is 6.09 Å². The predicted octanol–water partition coefficient (Wildman–Crippen LogP) is 2.40. The van der Waals surface area contributed by atoms with Crippen LogP contribution in [0.4, 0.5) is 4.79 Å². The molecule has 0 rings (SSSR count). The summed E-state index contributed by atoms with van der Waals surface area (Å²) in [5.41, 5.74) is 3.34. The van der Waals surface area contributed by atoms with E-state index in [-0.39, 0.29) is 0 Å². The quantitative estimate of drug-likeness (QED) is 0.559. The van der Waals surface area contributed by atoms with Crippen LogP contribution in [-0.2, 0) is 4.74 Å². The molecule has 0 saturated heterocycles. The molecule has 82 valence electrons. The highest BCUT2D eigenvalue weighted by Crippen LogP contribution is 2.06. The van der Waals surface area contributed by atoms with Gasteiger partial charge in [-0.3, -0.25) is 0 Å². The minimum atomic E-state index is -0.494. The molecule has 0 atom stereocenters. The number of hydrazone groups is 1. The Morgan fingerprint density at radius 1 is 1.29 bits per heavy atom. The summed E-state index contributed by atoms with van der Waals surface area (Å²) in [4.78, 5) is 11.0. The van der Waals surface area contributed by atoms with E-state index in [1.54, 1.807) is 6.92 Å². The Labute approximate surface area is 85.7 Å². The number of hydrogen-bond acceptors (Lipinski definition) is 3. The molecule has 0 aromatic rings. The standard InChI is InChI=1S/C10H20N2O2/c1-6-14-10(13)12-11-9(7(2)3)8(4)5/h7-8H,6H2,1-5H3,(H,12,13). The van der Waals surface area contributed by atoms with Gasteiger partial charge in [-0.15, -0.1) is 0 Å². The molecule has 4 nitrogen and oxygen atoms in total. The number of nitrogens with zero attached hydrogens (tertiary/aromatic N) is 1. The van der Waals surface area contributed by atoms with Crippen LogP contribution < -0.4 is 5.43 Å². The van der Waals surface area contributed by atoms with Crippen LogP contribution in [0.25, 0.3) is 0 Å². The fourth-order valence-electron chi connectivity index (χ4n) is 1.20. The first-order valence-electron chi connectivity index (χ1n) is 4.99. The SMILES string of the molecule is CCOC(=O)NN=C(C(C)C)C(C)C. The first-order chi connectivity index (χ1) is 6.49. The Hall–Kier alpha value is -1.06. The van der Waals surface area contributed by atoms with Crippen molar-refractivity contribution in [1.29, 1.82) is 0 Å². The smallest absolute Gasteiger partial charge is 0.427 e. The number of ether oxygens (including phenoxy) is 1. The van der Waals surface area contributed by atoms with Gasteiger partial charge in [0, 0.05) is 5.71 Å². The van der Waals surface area contributed by atoms with Crippen molar-refractivity contribution in [2.45, 2.75) is 34.6 Å². The van der Waals surface area contributed by atoms with Crippen LogP contribution in [-0.4, -0.2) is 18.4 Å². The van der Waals surface area contributed by atoms with Gasteiger partial charge in [-0.2, -0.15) is 5.10 Å². The monoisotopic (exact) mass is 200 g/mol. The maximum Gasteiger partial charge on any atom is 0.427 e. The van der Waals surface area contributed by atoms with Gasteiger partial charge in [-0.05, 0) is 18.8 Å². The highest BCUT2D eigenvalue weighted by atomic mass is 16.5. The summed E-state index contributed by atoms with van der Waals surface area (Å²) in [5, 5.41) is 4.03. The van der Waals surface area contributed by atoms with E-state index < -0.39 is 6.09 Å². The molecular formula is C10H20N2O2. The first-order valence-corrected chi connectivity index (χ1v) is 4.99. The van der Waals surface area contributed by atoms with Crippen molar-refractivity contribution in [1.82, 2.24) is 5.43 Å². The van der Waals surface area contributed by atoms with Crippen molar-refractivity contribution in [3.8, 4) is 0 Å². The van der Waals surface area contributed by atoms with Crippen LogP contribution in [0.1, 0.15) is 34.6 Å². The molecule has 0 fully saturated rings. The van der Waals surface area contributed by atoms with E-state index in [1.165, 1.54) is 0 Å². The fraction of sp³-hybridized carbons (Fsp3) is 0.800. The van der Waals surface area contributed by atoms with Gasteiger partial charge in [0.15, 0.2) is 0 Å². The molecule has 4 heteroatoms. The molecule has 0 radical (unpaired) electrons. The molecule has 0 aliphatic carbocycles. The topological polar surface area (TPSA) is 50.7 Å². The van der Waals surface area contributed by atoms with Crippen molar-refractivity contribution in [2.75, 3.05) is 6.61 Å². The Morgan fingerprint density at radius 2 is 1.79 bits per heavy atom. The van der Waals surface area contributed by atoms with Crippen LogP contribution in [0.15, 0.2) is 5.10 Å². The van der Waals surface area contributed by atoms with Gasteiger partial charge in [-0.25, -0.2) is 10.2 Å². The van der Waals surface area contributed by atoms with Crippen molar-refractivity contribution in [2.24, 2.45) is 16.9 Å². The van der Waals surface area contributed by atoms with E-state index in [1.807, 2.05) is 27.7 Å². The lowest BCUT2D eigenvalue weighted by Crippen LogP contribution is -2.24. The summed E-state index contributed by atoms with van der Waals surface area (Å²) in [6.07, 6.45) is -0.494. The largest absolute Gasteiger partial charge is 0.449 e. The van der Waals surface area contributed by atoms with E-state index in [4.69, 9.17) is 4.74 Å². The lowest BCUT2D eigenvalue weighted by Gasteiger charge is -2.13. The molecule has 0 aromatic heterocycles. The fourth-order valence-corrected chi connectivity index (χ4v) is 1.20. The first kappa shape index (κ1) is 12.9. The average Bonchev–Trinajstić information content (AvgIpc) is 2.03. The van der Waals surface area contributed by atoms with Crippen LogP contribution in [0.3, 0.4) is 0 Å². The molecular weight excluding hydrogens is 180 g/mol.